The number of rotatable bonds is 4. The lowest BCUT2D eigenvalue weighted by Crippen LogP contribution is -2.30. The largest absolute Gasteiger partial charge is 0.322 e. The number of benzene rings is 1. The van der Waals surface area contributed by atoms with E-state index in [1.165, 1.54) is 6.20 Å². The van der Waals surface area contributed by atoms with Crippen molar-refractivity contribution in [3.05, 3.63) is 54.4 Å². The van der Waals surface area contributed by atoms with Gasteiger partial charge in [0.25, 0.3) is 5.91 Å². The average molecular weight is 295 g/mol. The molecule has 0 radical (unpaired) electrons. The molecule has 3 rings (SSSR count). The first-order valence-corrected chi connectivity index (χ1v) is 7.26. The average Bonchev–Trinajstić information content (AvgIpc) is 3.34. The van der Waals surface area contributed by atoms with Crippen LogP contribution in [0.1, 0.15) is 30.1 Å². The van der Waals surface area contributed by atoms with Gasteiger partial charge in [-0.15, -0.1) is 0 Å². The number of nitrogens with one attached hydrogen (secondary N) is 1. The number of carbonyl (C=O) groups is 2. The zero-order valence-electron chi connectivity index (χ0n) is 12.3. The maximum atomic E-state index is 12.0. The molecule has 1 aliphatic carbocycles. The molecule has 0 atom stereocenters. The summed E-state index contributed by atoms with van der Waals surface area (Å²) < 4.78 is 0. The number of aromatic nitrogens is 1. The monoisotopic (exact) mass is 295 g/mol. The lowest BCUT2D eigenvalue weighted by Gasteiger charge is -2.21. The van der Waals surface area contributed by atoms with Gasteiger partial charge in [-0.1, -0.05) is 0 Å². The van der Waals surface area contributed by atoms with E-state index in [1.54, 1.807) is 25.3 Å². The Morgan fingerprint density at radius 3 is 2.45 bits per heavy atom. The van der Waals surface area contributed by atoms with Crippen LogP contribution in [0.2, 0.25) is 0 Å². The van der Waals surface area contributed by atoms with Gasteiger partial charge in [0.15, 0.2) is 0 Å². The number of carbonyl (C=O) groups excluding carboxylic acids is 2. The molecule has 2 amide bonds. The fourth-order valence-electron chi connectivity index (χ4n) is 2.39. The Hall–Kier alpha value is -2.69. The Bertz CT molecular complexity index is 679. The summed E-state index contributed by atoms with van der Waals surface area (Å²) >= 11 is 0. The summed E-state index contributed by atoms with van der Waals surface area (Å²) in [7, 11) is 0. The smallest absolute Gasteiger partial charge is 0.257 e. The van der Waals surface area contributed by atoms with Crippen LogP contribution in [0, 0.1) is 0 Å². The quantitative estimate of drug-likeness (QED) is 0.943. The number of anilines is 2. The van der Waals surface area contributed by atoms with Gasteiger partial charge in [0.05, 0.1) is 5.56 Å². The second kappa shape index (κ2) is 5.97. The van der Waals surface area contributed by atoms with E-state index >= 15 is 0 Å². The number of hydrogen-bond acceptors (Lipinski definition) is 3. The van der Waals surface area contributed by atoms with Crippen LogP contribution >= 0.6 is 0 Å². The van der Waals surface area contributed by atoms with E-state index in [0.717, 1.165) is 18.5 Å². The van der Waals surface area contributed by atoms with Gasteiger partial charge in [-0.05, 0) is 49.2 Å². The van der Waals surface area contributed by atoms with Crippen molar-refractivity contribution in [1.29, 1.82) is 0 Å². The molecule has 1 heterocycles. The number of pyridine rings is 1. The minimum Gasteiger partial charge on any atom is -0.322 e. The summed E-state index contributed by atoms with van der Waals surface area (Å²) in [4.78, 5) is 29.5. The van der Waals surface area contributed by atoms with E-state index in [4.69, 9.17) is 0 Å². The SMILES string of the molecule is CC(=O)N(c1ccc(NC(=O)c2cccnc2)cc1)C1CC1. The molecule has 5 heteroatoms. The molecule has 1 fully saturated rings. The van der Waals surface area contributed by atoms with Gasteiger partial charge in [0.1, 0.15) is 0 Å². The molecular weight excluding hydrogens is 278 g/mol. The predicted octanol–water partition coefficient (Wildman–Crippen LogP) is 2.85. The molecule has 0 aliphatic heterocycles. The number of amides is 2. The van der Waals surface area contributed by atoms with Crippen molar-refractivity contribution >= 4 is 23.2 Å². The lowest BCUT2D eigenvalue weighted by molar-refractivity contribution is -0.116. The minimum atomic E-state index is -0.202. The summed E-state index contributed by atoms with van der Waals surface area (Å²) in [5.41, 5.74) is 2.07. The summed E-state index contributed by atoms with van der Waals surface area (Å²) in [6, 6.07) is 11.1. The Kier molecular flexibility index (Phi) is 3.87. The third kappa shape index (κ3) is 3.14. The van der Waals surface area contributed by atoms with Crippen molar-refractivity contribution in [3.8, 4) is 0 Å². The molecule has 0 bridgehead atoms. The van der Waals surface area contributed by atoms with Crippen LogP contribution in [0.25, 0.3) is 0 Å². The highest BCUT2D eigenvalue weighted by Gasteiger charge is 2.31. The molecule has 5 nitrogen and oxygen atoms in total. The maximum Gasteiger partial charge on any atom is 0.257 e. The van der Waals surface area contributed by atoms with E-state index in [-0.39, 0.29) is 11.8 Å². The third-order valence-electron chi connectivity index (χ3n) is 3.58. The molecule has 22 heavy (non-hydrogen) atoms. The molecule has 1 N–H and O–H groups in total. The molecule has 112 valence electrons. The van der Waals surface area contributed by atoms with Gasteiger partial charge in [-0.2, -0.15) is 0 Å². The summed E-state index contributed by atoms with van der Waals surface area (Å²) in [6.07, 6.45) is 5.26. The van der Waals surface area contributed by atoms with Gasteiger partial charge < -0.3 is 10.2 Å². The van der Waals surface area contributed by atoms with E-state index in [9.17, 15) is 9.59 Å². The minimum absolute atomic E-state index is 0.0506. The highest BCUT2D eigenvalue weighted by atomic mass is 16.2. The molecule has 1 aromatic heterocycles. The van der Waals surface area contributed by atoms with Crippen LogP contribution in [-0.4, -0.2) is 22.8 Å². The van der Waals surface area contributed by atoms with Gasteiger partial charge in [0.2, 0.25) is 5.91 Å². The van der Waals surface area contributed by atoms with Crippen molar-refractivity contribution in [1.82, 2.24) is 4.98 Å². The summed E-state index contributed by atoms with van der Waals surface area (Å²) in [6.45, 7) is 1.58. The Morgan fingerprint density at radius 1 is 1.18 bits per heavy atom. The first-order valence-electron chi connectivity index (χ1n) is 7.26. The van der Waals surface area contributed by atoms with Crippen LogP contribution in [-0.2, 0) is 4.79 Å². The van der Waals surface area contributed by atoms with Crippen molar-refractivity contribution in [3.63, 3.8) is 0 Å². The van der Waals surface area contributed by atoms with Crippen LogP contribution in [0.5, 0.6) is 0 Å². The topological polar surface area (TPSA) is 62.3 Å². The molecule has 2 aromatic rings. The third-order valence-corrected chi connectivity index (χ3v) is 3.58. The zero-order chi connectivity index (χ0) is 15.5. The van der Waals surface area contributed by atoms with Crippen LogP contribution in [0.15, 0.2) is 48.8 Å². The van der Waals surface area contributed by atoms with Crippen LogP contribution in [0.3, 0.4) is 0 Å². The zero-order valence-corrected chi connectivity index (χ0v) is 12.3. The molecule has 1 aromatic carbocycles. The van der Waals surface area contributed by atoms with Crippen molar-refractivity contribution < 1.29 is 9.59 Å². The van der Waals surface area contributed by atoms with Crippen molar-refractivity contribution in [2.24, 2.45) is 0 Å². The molecular formula is C17H17N3O2. The van der Waals surface area contributed by atoms with Gasteiger partial charge in [-0.25, -0.2) is 0 Å². The second-order valence-corrected chi connectivity index (χ2v) is 5.36. The lowest BCUT2D eigenvalue weighted by atomic mass is 10.2. The Morgan fingerprint density at radius 2 is 1.91 bits per heavy atom. The Labute approximate surface area is 129 Å². The van der Waals surface area contributed by atoms with Crippen molar-refractivity contribution in [2.75, 3.05) is 10.2 Å². The van der Waals surface area contributed by atoms with E-state index in [2.05, 4.69) is 10.3 Å². The van der Waals surface area contributed by atoms with E-state index in [1.807, 2.05) is 29.2 Å². The predicted molar refractivity (Wildman–Crippen MR) is 84.8 cm³/mol. The summed E-state index contributed by atoms with van der Waals surface area (Å²) in [5.74, 6) is -0.152. The maximum absolute atomic E-state index is 12.0. The second-order valence-electron chi connectivity index (χ2n) is 5.36. The van der Waals surface area contributed by atoms with Gasteiger partial charge in [-0.3, -0.25) is 14.6 Å². The van der Waals surface area contributed by atoms with Gasteiger partial charge >= 0.3 is 0 Å². The Balaban J connectivity index is 1.71. The highest BCUT2D eigenvalue weighted by Crippen LogP contribution is 2.32. The standard InChI is InChI=1S/C17H17N3O2/c1-12(21)20(16-8-9-16)15-6-4-14(5-7-15)19-17(22)13-3-2-10-18-11-13/h2-7,10-11,16H,8-9H2,1H3,(H,19,22). The van der Waals surface area contributed by atoms with Crippen LogP contribution in [0.4, 0.5) is 11.4 Å². The van der Waals surface area contributed by atoms with Crippen molar-refractivity contribution in [2.45, 2.75) is 25.8 Å². The molecule has 1 aliphatic rings. The van der Waals surface area contributed by atoms with E-state index in [0.29, 0.717) is 17.3 Å². The summed E-state index contributed by atoms with van der Waals surface area (Å²) in [5, 5.41) is 2.82. The van der Waals surface area contributed by atoms with Crippen LogP contribution < -0.4 is 10.2 Å². The first-order chi connectivity index (χ1) is 10.6. The van der Waals surface area contributed by atoms with E-state index < -0.39 is 0 Å². The number of nitrogens with zero attached hydrogens (tertiary/aromatic N) is 2. The molecule has 0 saturated heterocycles. The normalized spacial score (nSPS) is 13.5. The fourth-order valence-corrected chi connectivity index (χ4v) is 2.39. The fraction of sp³-hybridized carbons (Fsp3) is 0.235. The van der Waals surface area contributed by atoms with Gasteiger partial charge in [0, 0.05) is 36.7 Å². The first kappa shape index (κ1) is 14.3. The molecule has 0 spiro atoms. The molecule has 0 unspecified atom stereocenters. The molecule has 1 saturated carbocycles. The highest BCUT2D eigenvalue weighted by molar-refractivity contribution is 6.04. The number of hydrogen-bond donors (Lipinski definition) is 1.